The molecule has 0 aliphatic carbocycles. The second-order valence-corrected chi connectivity index (χ2v) is 5.23. The van der Waals surface area contributed by atoms with E-state index in [1.165, 1.54) is 4.80 Å². The van der Waals surface area contributed by atoms with Crippen molar-refractivity contribution < 1.29 is 0 Å². The van der Waals surface area contributed by atoms with Crippen molar-refractivity contribution in [2.45, 2.75) is 12.5 Å². The van der Waals surface area contributed by atoms with Gasteiger partial charge in [-0.3, -0.25) is 0 Å². The Labute approximate surface area is 119 Å². The van der Waals surface area contributed by atoms with Gasteiger partial charge in [0.25, 0.3) is 0 Å². The Bertz CT molecular complexity index is 542. The van der Waals surface area contributed by atoms with Crippen LogP contribution in [0.5, 0.6) is 0 Å². The Morgan fingerprint density at radius 2 is 2.28 bits per heavy atom. The molecule has 0 radical (unpaired) electrons. The molecule has 7 heteroatoms. The van der Waals surface area contributed by atoms with Gasteiger partial charge in [0, 0.05) is 22.0 Å². The van der Waals surface area contributed by atoms with Crippen LogP contribution in [0.4, 0.5) is 0 Å². The predicted octanol–water partition coefficient (Wildman–Crippen LogP) is 2.13. The first kappa shape index (κ1) is 13.5. The van der Waals surface area contributed by atoms with Crippen molar-refractivity contribution in [2.75, 3.05) is 7.05 Å². The van der Waals surface area contributed by atoms with Crippen molar-refractivity contribution in [2.24, 2.45) is 7.05 Å². The molecule has 1 aromatic heterocycles. The van der Waals surface area contributed by atoms with Crippen LogP contribution in [0.1, 0.15) is 17.4 Å². The van der Waals surface area contributed by atoms with Crippen LogP contribution < -0.4 is 5.32 Å². The summed E-state index contributed by atoms with van der Waals surface area (Å²) in [7, 11) is 3.63. The number of nitrogens with zero attached hydrogens (tertiary/aromatic N) is 4. The second kappa shape index (κ2) is 5.77. The Morgan fingerprint density at radius 3 is 2.89 bits per heavy atom. The highest BCUT2D eigenvalue weighted by Gasteiger charge is 2.16. The summed E-state index contributed by atoms with van der Waals surface area (Å²) >= 11 is 9.67. The zero-order valence-electron chi connectivity index (χ0n) is 10.1. The molecule has 1 N–H and O–H groups in total. The van der Waals surface area contributed by atoms with Crippen LogP contribution in [-0.4, -0.2) is 27.3 Å². The molecule has 0 amide bonds. The van der Waals surface area contributed by atoms with Crippen molar-refractivity contribution in [3.8, 4) is 0 Å². The summed E-state index contributed by atoms with van der Waals surface area (Å²) in [6.07, 6.45) is 0.639. The topological polar surface area (TPSA) is 55.6 Å². The number of nitrogens with one attached hydrogen (secondary N) is 1. The third-order valence-electron chi connectivity index (χ3n) is 2.62. The molecule has 1 atom stereocenters. The molecule has 1 heterocycles. The van der Waals surface area contributed by atoms with Gasteiger partial charge in [0.1, 0.15) is 0 Å². The number of likely N-dealkylation sites (N-methyl/N-ethyl adjacent to an activating group) is 1. The van der Waals surface area contributed by atoms with E-state index >= 15 is 0 Å². The number of hydrogen-bond acceptors (Lipinski definition) is 4. The van der Waals surface area contributed by atoms with Crippen molar-refractivity contribution in [3.63, 3.8) is 0 Å². The van der Waals surface area contributed by atoms with Gasteiger partial charge in [-0.25, -0.2) is 0 Å². The molecule has 2 aromatic rings. The quantitative estimate of drug-likeness (QED) is 0.933. The van der Waals surface area contributed by atoms with E-state index in [9.17, 15) is 0 Å². The smallest absolute Gasteiger partial charge is 0.176 e. The van der Waals surface area contributed by atoms with Gasteiger partial charge in [0.15, 0.2) is 5.82 Å². The number of aryl methyl sites for hydroxylation is 1. The van der Waals surface area contributed by atoms with Crippen molar-refractivity contribution >= 4 is 27.5 Å². The van der Waals surface area contributed by atoms with Crippen LogP contribution in [0.25, 0.3) is 0 Å². The Kier molecular flexibility index (Phi) is 4.31. The zero-order chi connectivity index (χ0) is 13.1. The van der Waals surface area contributed by atoms with Crippen LogP contribution in [0.2, 0.25) is 5.02 Å². The fourth-order valence-corrected chi connectivity index (χ4v) is 2.36. The first-order valence-electron chi connectivity index (χ1n) is 5.45. The molecule has 0 fully saturated rings. The maximum absolute atomic E-state index is 6.22. The summed E-state index contributed by atoms with van der Waals surface area (Å²) in [6.45, 7) is 0. The second-order valence-electron chi connectivity index (χ2n) is 3.91. The normalized spacial score (nSPS) is 12.7. The molecule has 1 unspecified atom stereocenters. The van der Waals surface area contributed by atoms with E-state index in [0.29, 0.717) is 12.2 Å². The third-order valence-corrected chi connectivity index (χ3v) is 3.46. The number of halogens is 2. The number of aromatic nitrogens is 4. The SMILES string of the molecule is CNC(Cc1nnn(C)n1)c1cc(Br)ccc1Cl. The average molecular weight is 331 g/mol. The van der Waals surface area contributed by atoms with Crippen molar-refractivity contribution in [1.82, 2.24) is 25.5 Å². The molecule has 96 valence electrons. The van der Waals surface area contributed by atoms with Gasteiger partial charge >= 0.3 is 0 Å². The molecule has 0 spiro atoms. The average Bonchev–Trinajstić information content (AvgIpc) is 2.75. The monoisotopic (exact) mass is 329 g/mol. The summed E-state index contributed by atoms with van der Waals surface area (Å²) in [5.74, 6) is 0.688. The van der Waals surface area contributed by atoms with Gasteiger partial charge in [-0.1, -0.05) is 27.5 Å². The number of tetrazole rings is 1. The van der Waals surface area contributed by atoms with Gasteiger partial charge in [0.2, 0.25) is 0 Å². The fraction of sp³-hybridized carbons (Fsp3) is 0.364. The summed E-state index contributed by atoms with van der Waals surface area (Å²) in [4.78, 5) is 1.45. The van der Waals surface area contributed by atoms with Crippen LogP contribution in [0.3, 0.4) is 0 Å². The van der Waals surface area contributed by atoms with E-state index in [-0.39, 0.29) is 6.04 Å². The summed E-state index contributed by atoms with van der Waals surface area (Å²) in [5, 5.41) is 15.9. The van der Waals surface area contributed by atoms with Crippen LogP contribution in [-0.2, 0) is 13.5 Å². The summed E-state index contributed by atoms with van der Waals surface area (Å²) in [6, 6.07) is 5.84. The molecular formula is C11H13BrClN5. The number of hydrogen-bond donors (Lipinski definition) is 1. The van der Waals surface area contributed by atoms with E-state index in [1.807, 2.05) is 25.2 Å². The predicted molar refractivity (Wildman–Crippen MR) is 73.5 cm³/mol. The molecule has 5 nitrogen and oxygen atoms in total. The fourth-order valence-electron chi connectivity index (χ4n) is 1.74. The van der Waals surface area contributed by atoms with Gasteiger partial charge in [0.05, 0.1) is 7.05 Å². The van der Waals surface area contributed by atoms with Gasteiger partial charge in [-0.15, -0.1) is 10.2 Å². The maximum Gasteiger partial charge on any atom is 0.176 e. The summed E-state index contributed by atoms with van der Waals surface area (Å²) < 4.78 is 0.995. The largest absolute Gasteiger partial charge is 0.313 e. The first-order valence-corrected chi connectivity index (χ1v) is 6.62. The van der Waals surface area contributed by atoms with E-state index < -0.39 is 0 Å². The Hall–Kier alpha value is -0.980. The van der Waals surface area contributed by atoms with Crippen molar-refractivity contribution in [1.29, 1.82) is 0 Å². The molecule has 1 aromatic carbocycles. The number of benzene rings is 1. The van der Waals surface area contributed by atoms with Gasteiger partial charge in [-0.05, 0) is 36.0 Å². The molecule has 0 bridgehead atoms. The summed E-state index contributed by atoms with van der Waals surface area (Å²) in [5.41, 5.74) is 1.01. The van der Waals surface area contributed by atoms with E-state index in [4.69, 9.17) is 11.6 Å². The molecular weight excluding hydrogens is 318 g/mol. The Balaban J connectivity index is 2.25. The third kappa shape index (κ3) is 3.07. The first-order chi connectivity index (χ1) is 8.60. The van der Waals surface area contributed by atoms with Gasteiger partial charge in [-0.2, -0.15) is 4.80 Å². The highest BCUT2D eigenvalue weighted by Crippen LogP contribution is 2.27. The standard InChI is InChI=1S/C11H13BrClN5/c1-14-10(6-11-15-17-18(2)16-11)8-5-7(12)3-4-9(8)13/h3-5,10,14H,6H2,1-2H3. The van der Waals surface area contributed by atoms with Crippen molar-refractivity contribution in [3.05, 3.63) is 39.1 Å². The van der Waals surface area contributed by atoms with E-state index in [0.717, 1.165) is 15.1 Å². The molecule has 0 aliphatic rings. The molecule has 0 saturated heterocycles. The van der Waals surface area contributed by atoms with Crippen LogP contribution in [0, 0.1) is 0 Å². The highest BCUT2D eigenvalue weighted by atomic mass is 79.9. The lowest BCUT2D eigenvalue weighted by Gasteiger charge is -2.16. The highest BCUT2D eigenvalue weighted by molar-refractivity contribution is 9.10. The van der Waals surface area contributed by atoms with E-state index in [2.05, 4.69) is 36.7 Å². The minimum absolute atomic E-state index is 0.0548. The Morgan fingerprint density at radius 1 is 1.50 bits per heavy atom. The number of rotatable bonds is 4. The zero-order valence-corrected chi connectivity index (χ0v) is 12.4. The minimum Gasteiger partial charge on any atom is -0.313 e. The molecule has 0 aliphatic heterocycles. The lowest BCUT2D eigenvalue weighted by molar-refractivity contribution is 0.570. The molecule has 18 heavy (non-hydrogen) atoms. The minimum atomic E-state index is 0.0548. The van der Waals surface area contributed by atoms with Crippen LogP contribution >= 0.6 is 27.5 Å². The maximum atomic E-state index is 6.22. The molecule has 2 rings (SSSR count). The molecule has 0 saturated carbocycles. The lowest BCUT2D eigenvalue weighted by atomic mass is 10.0. The van der Waals surface area contributed by atoms with E-state index in [1.54, 1.807) is 7.05 Å². The lowest BCUT2D eigenvalue weighted by Crippen LogP contribution is -2.20. The van der Waals surface area contributed by atoms with Crippen LogP contribution in [0.15, 0.2) is 22.7 Å². The van der Waals surface area contributed by atoms with Gasteiger partial charge < -0.3 is 5.32 Å².